The van der Waals surface area contributed by atoms with Crippen LogP contribution in [-0.2, 0) is 11.4 Å². The number of aromatic nitrogens is 1. The zero-order valence-electron chi connectivity index (χ0n) is 20.8. The second-order valence-electron chi connectivity index (χ2n) is 8.49. The molecule has 1 N–H and O–H groups in total. The van der Waals surface area contributed by atoms with Crippen molar-refractivity contribution in [1.29, 1.82) is 0 Å². The van der Waals surface area contributed by atoms with E-state index in [4.69, 9.17) is 9.47 Å². The Kier molecular flexibility index (Phi) is 7.92. The van der Waals surface area contributed by atoms with E-state index in [9.17, 15) is 4.79 Å². The Hall–Kier alpha value is -4.68. The zero-order valence-corrected chi connectivity index (χ0v) is 21.7. The van der Waals surface area contributed by atoms with E-state index in [1.165, 1.54) is 23.0 Å². The third-order valence-corrected chi connectivity index (χ3v) is 6.63. The Balaban J connectivity index is 1.19. The van der Waals surface area contributed by atoms with Crippen LogP contribution in [0.2, 0.25) is 0 Å². The number of nitrogens with zero attached hydrogens (tertiary/aromatic N) is 1. The maximum Gasteiger partial charge on any atom is 0.250 e. The molecule has 1 heterocycles. The van der Waals surface area contributed by atoms with Gasteiger partial charge in [-0.3, -0.25) is 10.1 Å². The van der Waals surface area contributed by atoms with E-state index < -0.39 is 0 Å². The first-order valence-corrected chi connectivity index (χ1v) is 13.0. The number of nitrogens with one attached hydrogen (secondary N) is 1. The Morgan fingerprint density at radius 1 is 0.842 bits per heavy atom. The molecule has 5 rings (SSSR count). The van der Waals surface area contributed by atoms with Crippen molar-refractivity contribution in [2.45, 2.75) is 6.61 Å². The van der Waals surface area contributed by atoms with Crippen LogP contribution in [-0.4, -0.2) is 18.0 Å². The van der Waals surface area contributed by atoms with Crippen LogP contribution in [0.25, 0.3) is 28.5 Å². The van der Waals surface area contributed by atoms with Gasteiger partial charge in [-0.2, -0.15) is 0 Å². The van der Waals surface area contributed by atoms with Crippen molar-refractivity contribution in [3.63, 3.8) is 0 Å². The van der Waals surface area contributed by atoms with E-state index in [0.717, 1.165) is 27.9 Å². The second-order valence-corrected chi connectivity index (χ2v) is 9.35. The summed E-state index contributed by atoms with van der Waals surface area (Å²) in [6.45, 7) is 0.446. The number of rotatable bonds is 9. The Bertz CT molecular complexity index is 1530. The largest absolute Gasteiger partial charge is 0.493 e. The summed E-state index contributed by atoms with van der Waals surface area (Å²) in [6.07, 6.45) is 3.21. The van der Waals surface area contributed by atoms with Crippen LogP contribution in [0.1, 0.15) is 11.1 Å². The fourth-order valence-corrected chi connectivity index (χ4v) is 4.61. The highest BCUT2D eigenvalue weighted by Gasteiger charge is 2.09. The Morgan fingerprint density at radius 3 is 2.26 bits per heavy atom. The van der Waals surface area contributed by atoms with Crippen molar-refractivity contribution in [3.8, 4) is 33.9 Å². The molecule has 5 nitrogen and oxygen atoms in total. The minimum atomic E-state index is -0.256. The van der Waals surface area contributed by atoms with Gasteiger partial charge in [0.15, 0.2) is 16.6 Å². The molecular weight excluding hydrogens is 492 g/mol. The van der Waals surface area contributed by atoms with Crippen molar-refractivity contribution in [1.82, 2.24) is 4.98 Å². The normalized spacial score (nSPS) is 10.9. The molecule has 188 valence electrons. The van der Waals surface area contributed by atoms with E-state index in [0.29, 0.717) is 23.2 Å². The molecule has 0 saturated heterocycles. The summed E-state index contributed by atoms with van der Waals surface area (Å²) in [5.41, 5.74) is 6.04. The summed E-state index contributed by atoms with van der Waals surface area (Å²) in [5.74, 6) is 0.991. The highest BCUT2D eigenvalue weighted by Crippen LogP contribution is 2.30. The molecule has 1 aromatic heterocycles. The number of hydrogen-bond donors (Lipinski definition) is 1. The third kappa shape index (κ3) is 6.35. The molecule has 1 amide bonds. The molecule has 0 aliphatic rings. The fraction of sp³-hybridized carbons (Fsp3) is 0.0625. The number of carbonyl (C=O) groups excluding carboxylic acids is 1. The number of anilines is 1. The summed E-state index contributed by atoms with van der Waals surface area (Å²) < 4.78 is 11.4. The molecule has 6 heteroatoms. The number of ether oxygens (including phenoxy) is 2. The van der Waals surface area contributed by atoms with Crippen LogP contribution in [0, 0.1) is 0 Å². The lowest BCUT2D eigenvalue weighted by Gasteiger charge is -2.11. The molecule has 0 aliphatic heterocycles. The summed E-state index contributed by atoms with van der Waals surface area (Å²) in [4.78, 5) is 17.1. The predicted octanol–water partition coefficient (Wildman–Crippen LogP) is 7.72. The molecule has 0 saturated carbocycles. The molecule has 0 aliphatic carbocycles. The first-order valence-electron chi connectivity index (χ1n) is 12.1. The lowest BCUT2D eigenvalue weighted by atomic mass is 10.0. The minimum absolute atomic E-state index is 0.256. The van der Waals surface area contributed by atoms with Gasteiger partial charge in [-0.05, 0) is 40.5 Å². The number of amides is 1. The number of benzene rings is 4. The molecule has 0 fully saturated rings. The van der Waals surface area contributed by atoms with E-state index in [1.54, 1.807) is 13.2 Å². The average Bonchev–Trinajstić information content (AvgIpc) is 3.44. The number of methoxy groups -OCH3 is 1. The van der Waals surface area contributed by atoms with Gasteiger partial charge in [-0.15, -0.1) is 11.3 Å². The molecule has 0 radical (unpaired) electrons. The van der Waals surface area contributed by atoms with Gasteiger partial charge >= 0.3 is 0 Å². The summed E-state index contributed by atoms with van der Waals surface area (Å²) >= 11 is 1.39. The first-order chi connectivity index (χ1) is 18.7. The lowest BCUT2D eigenvalue weighted by Crippen LogP contribution is -2.07. The summed E-state index contributed by atoms with van der Waals surface area (Å²) in [5, 5.41) is 5.33. The van der Waals surface area contributed by atoms with Crippen LogP contribution in [0.5, 0.6) is 11.5 Å². The van der Waals surface area contributed by atoms with Gasteiger partial charge in [0.05, 0.1) is 12.8 Å². The van der Waals surface area contributed by atoms with Gasteiger partial charge in [0, 0.05) is 17.0 Å². The topological polar surface area (TPSA) is 60.5 Å². The van der Waals surface area contributed by atoms with E-state index in [1.807, 2.05) is 84.2 Å². The van der Waals surface area contributed by atoms with Crippen molar-refractivity contribution >= 4 is 28.5 Å². The number of hydrogen-bond acceptors (Lipinski definition) is 5. The summed E-state index contributed by atoms with van der Waals surface area (Å²) in [6, 6.07) is 34.0. The standard InChI is InChI=1S/C32H26N2O3S/c1-36-30-20-23(12-18-29(30)37-21-24-8-4-2-5-9-24)13-19-31(35)34-32-33-28(22-38-32)27-16-14-26(15-17-27)25-10-6-3-7-11-25/h2-20,22H,21H2,1H3,(H,33,34,35)/b19-13+. The molecule has 0 spiro atoms. The molecule has 0 bridgehead atoms. The van der Waals surface area contributed by atoms with Crippen molar-refractivity contribution in [2.75, 3.05) is 12.4 Å². The second kappa shape index (κ2) is 12.0. The summed E-state index contributed by atoms with van der Waals surface area (Å²) in [7, 11) is 1.60. The van der Waals surface area contributed by atoms with Gasteiger partial charge in [0.1, 0.15) is 6.61 Å². The third-order valence-electron chi connectivity index (χ3n) is 5.87. The van der Waals surface area contributed by atoms with Crippen LogP contribution in [0.3, 0.4) is 0 Å². The van der Waals surface area contributed by atoms with E-state index in [-0.39, 0.29) is 5.91 Å². The van der Waals surface area contributed by atoms with Crippen LogP contribution >= 0.6 is 11.3 Å². The molecule has 0 unspecified atom stereocenters. The average molecular weight is 519 g/mol. The minimum Gasteiger partial charge on any atom is -0.493 e. The number of thiazole rings is 1. The van der Waals surface area contributed by atoms with Crippen LogP contribution < -0.4 is 14.8 Å². The fourth-order valence-electron chi connectivity index (χ4n) is 3.89. The maximum absolute atomic E-state index is 12.5. The van der Waals surface area contributed by atoms with Crippen molar-refractivity contribution in [2.24, 2.45) is 0 Å². The first kappa shape index (κ1) is 25.0. The maximum atomic E-state index is 12.5. The Labute approximate surface area is 226 Å². The quantitative estimate of drug-likeness (QED) is 0.203. The molecular formula is C32H26N2O3S. The highest BCUT2D eigenvalue weighted by molar-refractivity contribution is 7.14. The zero-order chi connectivity index (χ0) is 26.2. The lowest BCUT2D eigenvalue weighted by molar-refractivity contribution is -0.111. The highest BCUT2D eigenvalue weighted by atomic mass is 32.1. The van der Waals surface area contributed by atoms with Gasteiger partial charge in [-0.25, -0.2) is 4.98 Å². The molecule has 4 aromatic carbocycles. The van der Waals surface area contributed by atoms with E-state index in [2.05, 4.69) is 34.6 Å². The Morgan fingerprint density at radius 2 is 1.53 bits per heavy atom. The van der Waals surface area contributed by atoms with Gasteiger partial charge in [-0.1, -0.05) is 91.0 Å². The van der Waals surface area contributed by atoms with Gasteiger partial charge in [0.2, 0.25) is 5.91 Å². The van der Waals surface area contributed by atoms with Gasteiger partial charge < -0.3 is 9.47 Å². The molecule has 38 heavy (non-hydrogen) atoms. The monoisotopic (exact) mass is 518 g/mol. The van der Waals surface area contributed by atoms with Gasteiger partial charge in [0.25, 0.3) is 0 Å². The molecule has 0 atom stereocenters. The van der Waals surface area contributed by atoms with Crippen LogP contribution in [0.15, 0.2) is 115 Å². The number of carbonyl (C=O) groups is 1. The predicted molar refractivity (Wildman–Crippen MR) is 154 cm³/mol. The van der Waals surface area contributed by atoms with Crippen LogP contribution in [0.4, 0.5) is 5.13 Å². The van der Waals surface area contributed by atoms with Crippen molar-refractivity contribution < 1.29 is 14.3 Å². The smallest absolute Gasteiger partial charge is 0.250 e. The SMILES string of the molecule is COc1cc(/C=C/C(=O)Nc2nc(-c3ccc(-c4ccccc4)cc3)cs2)ccc1OCc1ccccc1. The molecule has 5 aromatic rings. The van der Waals surface area contributed by atoms with E-state index >= 15 is 0 Å². The van der Waals surface area contributed by atoms with Crippen molar-refractivity contribution in [3.05, 3.63) is 126 Å².